The Balaban J connectivity index is 2.55. The van der Waals surface area contributed by atoms with Gasteiger partial charge in [-0.3, -0.25) is 10.1 Å². The number of hydrogen-bond acceptors (Lipinski definition) is 3. The van der Waals surface area contributed by atoms with E-state index in [1.54, 1.807) is 0 Å². The van der Waals surface area contributed by atoms with E-state index in [-0.39, 0.29) is 18.0 Å². The van der Waals surface area contributed by atoms with Crippen molar-refractivity contribution in [1.29, 1.82) is 0 Å². The Hall–Kier alpha value is -0.610. The van der Waals surface area contributed by atoms with Crippen LogP contribution in [0.2, 0.25) is 0 Å². The van der Waals surface area contributed by atoms with Crippen LogP contribution in [-0.2, 0) is 4.79 Å². The topological polar surface area (TPSA) is 35.6 Å². The molecule has 1 amide bonds. The lowest BCUT2D eigenvalue weighted by atomic mass is 10.0. The third-order valence-electron chi connectivity index (χ3n) is 2.86. The highest BCUT2D eigenvalue weighted by Gasteiger charge is 2.35. The van der Waals surface area contributed by atoms with E-state index in [2.05, 4.69) is 31.0 Å². The van der Waals surface area contributed by atoms with E-state index in [4.69, 9.17) is 0 Å². The maximum Gasteiger partial charge on any atom is 0.241 e. The largest absolute Gasteiger partial charge is 0.325 e. The van der Waals surface area contributed by atoms with E-state index in [1.165, 1.54) is 0 Å². The van der Waals surface area contributed by atoms with Gasteiger partial charge < -0.3 is 9.80 Å². The van der Waals surface area contributed by atoms with Gasteiger partial charge in [0.25, 0.3) is 0 Å². The molecular weight excluding hydrogens is 190 g/mol. The van der Waals surface area contributed by atoms with Gasteiger partial charge in [0.1, 0.15) is 0 Å². The molecule has 4 nitrogen and oxygen atoms in total. The molecule has 0 aromatic rings. The Morgan fingerprint density at radius 3 is 2.47 bits per heavy atom. The second kappa shape index (κ2) is 4.94. The Morgan fingerprint density at radius 1 is 1.47 bits per heavy atom. The van der Waals surface area contributed by atoms with Crippen molar-refractivity contribution in [2.75, 3.05) is 27.3 Å². The summed E-state index contributed by atoms with van der Waals surface area (Å²) in [5.41, 5.74) is 0. The lowest BCUT2D eigenvalue weighted by molar-refractivity contribution is -0.131. The molecule has 1 N–H and O–H groups in total. The highest BCUT2D eigenvalue weighted by Crippen LogP contribution is 2.14. The van der Waals surface area contributed by atoms with Crippen LogP contribution in [0.15, 0.2) is 0 Å². The molecule has 1 heterocycles. The molecule has 1 aliphatic heterocycles. The average molecular weight is 213 g/mol. The zero-order chi connectivity index (χ0) is 11.6. The standard InChI is InChI=1S/C11H23N3O/c1-8(2)10-11(15)14(7-12-10)9(3)6-13(4)5/h8-10,12H,6-7H2,1-5H3. The van der Waals surface area contributed by atoms with Gasteiger partial charge in [-0.15, -0.1) is 0 Å². The lowest BCUT2D eigenvalue weighted by Gasteiger charge is -2.26. The summed E-state index contributed by atoms with van der Waals surface area (Å²) in [5, 5.41) is 3.27. The number of hydrogen-bond donors (Lipinski definition) is 1. The van der Waals surface area contributed by atoms with Gasteiger partial charge >= 0.3 is 0 Å². The molecule has 0 spiro atoms. The molecule has 0 saturated carbocycles. The van der Waals surface area contributed by atoms with Crippen LogP contribution in [0.3, 0.4) is 0 Å². The molecule has 1 fully saturated rings. The van der Waals surface area contributed by atoms with Crippen LogP contribution in [0.5, 0.6) is 0 Å². The fourth-order valence-corrected chi connectivity index (χ4v) is 2.06. The molecule has 0 bridgehead atoms. The molecule has 0 aromatic heterocycles. The minimum Gasteiger partial charge on any atom is -0.325 e. The zero-order valence-corrected chi connectivity index (χ0v) is 10.4. The summed E-state index contributed by atoms with van der Waals surface area (Å²) in [6, 6.07) is 0.290. The molecule has 15 heavy (non-hydrogen) atoms. The molecule has 1 aliphatic rings. The number of nitrogens with zero attached hydrogens (tertiary/aromatic N) is 2. The van der Waals surface area contributed by atoms with Crippen LogP contribution < -0.4 is 5.32 Å². The molecule has 0 aromatic carbocycles. The maximum absolute atomic E-state index is 12.0. The molecule has 2 atom stereocenters. The van der Waals surface area contributed by atoms with Crippen molar-refractivity contribution in [2.24, 2.45) is 5.92 Å². The highest BCUT2D eigenvalue weighted by molar-refractivity contribution is 5.84. The van der Waals surface area contributed by atoms with Crippen molar-refractivity contribution in [3.8, 4) is 0 Å². The summed E-state index contributed by atoms with van der Waals surface area (Å²) in [5.74, 6) is 0.619. The van der Waals surface area contributed by atoms with Gasteiger partial charge in [-0.25, -0.2) is 0 Å². The van der Waals surface area contributed by atoms with Crippen LogP contribution in [0.1, 0.15) is 20.8 Å². The first kappa shape index (κ1) is 12.5. The molecule has 0 aliphatic carbocycles. The summed E-state index contributed by atoms with van der Waals surface area (Å²) >= 11 is 0. The van der Waals surface area contributed by atoms with Crippen molar-refractivity contribution in [3.05, 3.63) is 0 Å². The van der Waals surface area contributed by atoms with Crippen LogP contribution in [0.25, 0.3) is 0 Å². The molecule has 1 rings (SSSR count). The van der Waals surface area contributed by atoms with Crippen molar-refractivity contribution < 1.29 is 4.79 Å². The highest BCUT2D eigenvalue weighted by atomic mass is 16.2. The fraction of sp³-hybridized carbons (Fsp3) is 0.909. The van der Waals surface area contributed by atoms with Gasteiger partial charge in [-0.2, -0.15) is 0 Å². The van der Waals surface area contributed by atoms with Crippen LogP contribution in [0, 0.1) is 5.92 Å². The summed E-state index contributed by atoms with van der Waals surface area (Å²) in [6.07, 6.45) is 0. The van der Waals surface area contributed by atoms with Gasteiger partial charge in [0.15, 0.2) is 0 Å². The first-order valence-electron chi connectivity index (χ1n) is 5.62. The molecule has 4 heteroatoms. The van der Waals surface area contributed by atoms with E-state index in [1.807, 2.05) is 19.0 Å². The third kappa shape index (κ3) is 2.92. The summed E-state index contributed by atoms with van der Waals surface area (Å²) in [7, 11) is 4.06. The number of carbonyl (C=O) groups is 1. The quantitative estimate of drug-likeness (QED) is 0.732. The Bertz CT molecular complexity index is 228. The molecule has 1 saturated heterocycles. The predicted octanol–water partition coefficient (Wildman–Crippen LogP) is 0.350. The number of carbonyl (C=O) groups excluding carboxylic acids is 1. The van der Waals surface area contributed by atoms with Gasteiger partial charge in [0, 0.05) is 12.6 Å². The smallest absolute Gasteiger partial charge is 0.241 e. The summed E-state index contributed by atoms with van der Waals surface area (Å²) in [6.45, 7) is 7.86. The summed E-state index contributed by atoms with van der Waals surface area (Å²) < 4.78 is 0. The number of likely N-dealkylation sites (N-methyl/N-ethyl adjacent to an activating group) is 1. The van der Waals surface area contributed by atoms with Gasteiger partial charge in [-0.05, 0) is 26.9 Å². The lowest BCUT2D eigenvalue weighted by Crippen LogP contribution is -2.43. The zero-order valence-electron chi connectivity index (χ0n) is 10.4. The Labute approximate surface area is 92.6 Å². The third-order valence-corrected chi connectivity index (χ3v) is 2.86. The van der Waals surface area contributed by atoms with Crippen LogP contribution >= 0.6 is 0 Å². The van der Waals surface area contributed by atoms with Crippen molar-refractivity contribution in [3.63, 3.8) is 0 Å². The van der Waals surface area contributed by atoms with Crippen molar-refractivity contribution in [2.45, 2.75) is 32.9 Å². The van der Waals surface area contributed by atoms with Crippen LogP contribution in [0.4, 0.5) is 0 Å². The molecular formula is C11H23N3O. The van der Waals surface area contributed by atoms with E-state index < -0.39 is 0 Å². The van der Waals surface area contributed by atoms with Gasteiger partial charge in [0.05, 0.1) is 12.7 Å². The predicted molar refractivity (Wildman–Crippen MR) is 61.5 cm³/mol. The first-order valence-corrected chi connectivity index (χ1v) is 5.62. The van der Waals surface area contributed by atoms with Crippen molar-refractivity contribution >= 4 is 5.91 Å². The second-order valence-electron chi connectivity index (χ2n) is 5.00. The van der Waals surface area contributed by atoms with E-state index in [0.29, 0.717) is 12.6 Å². The Morgan fingerprint density at radius 2 is 2.07 bits per heavy atom. The average Bonchev–Trinajstić information content (AvgIpc) is 2.45. The van der Waals surface area contributed by atoms with Gasteiger partial charge in [0.2, 0.25) is 5.91 Å². The first-order chi connectivity index (χ1) is 6.93. The minimum absolute atomic E-state index is 0.00890. The second-order valence-corrected chi connectivity index (χ2v) is 5.00. The maximum atomic E-state index is 12.0. The number of rotatable bonds is 4. The van der Waals surface area contributed by atoms with Crippen LogP contribution in [-0.4, -0.2) is 55.1 Å². The van der Waals surface area contributed by atoms with E-state index >= 15 is 0 Å². The fourth-order valence-electron chi connectivity index (χ4n) is 2.06. The van der Waals surface area contributed by atoms with Gasteiger partial charge in [-0.1, -0.05) is 13.8 Å². The SMILES string of the molecule is CC(C)C1NCN(C(C)CN(C)C)C1=O. The molecule has 2 unspecified atom stereocenters. The minimum atomic E-state index is 0.00890. The monoisotopic (exact) mass is 213 g/mol. The van der Waals surface area contributed by atoms with E-state index in [0.717, 1.165) is 6.54 Å². The molecule has 88 valence electrons. The molecule has 0 radical (unpaired) electrons. The summed E-state index contributed by atoms with van der Waals surface area (Å²) in [4.78, 5) is 16.1. The number of amides is 1. The van der Waals surface area contributed by atoms with E-state index in [9.17, 15) is 4.79 Å². The van der Waals surface area contributed by atoms with Crippen molar-refractivity contribution in [1.82, 2.24) is 15.1 Å². The normalized spacial score (nSPS) is 24.3. The number of nitrogens with one attached hydrogen (secondary N) is 1. The Kier molecular flexibility index (Phi) is 4.11.